The first-order valence-electron chi connectivity index (χ1n) is 10.2. The van der Waals surface area contributed by atoms with Gasteiger partial charge in [0.05, 0.1) is 22.6 Å². The van der Waals surface area contributed by atoms with E-state index in [1.54, 1.807) is 6.34 Å². The molecule has 1 saturated carbocycles. The Morgan fingerprint density at radius 1 is 1.25 bits per heavy atom. The van der Waals surface area contributed by atoms with Gasteiger partial charge in [0.1, 0.15) is 6.21 Å². The lowest BCUT2D eigenvalue weighted by atomic mass is 9.78. The van der Waals surface area contributed by atoms with E-state index in [9.17, 15) is 0 Å². The number of fused-ring (bicyclic) bond motifs is 2. The molecule has 144 valence electrons. The minimum absolute atomic E-state index is 0.230. The standard InChI is InChI=1S/C22H27N6/c1-11(2)19-20(16-9-28-22(24-10-25-28)13(4)12(16)3)27-18-6-5-17(26-21(18)19)14-7-15(23)8-14/h5-6,9-11,13-15,27H,7-8,23H2,1-4H3/q+1. The summed E-state index contributed by atoms with van der Waals surface area (Å²) in [7, 11) is 0. The Bertz CT molecular complexity index is 1090. The van der Waals surface area contributed by atoms with Gasteiger partial charge in [-0.2, -0.15) is 0 Å². The van der Waals surface area contributed by atoms with Crippen LogP contribution in [0.2, 0.25) is 0 Å². The Balaban J connectivity index is 1.67. The van der Waals surface area contributed by atoms with Crippen LogP contribution in [0, 0.1) is 5.92 Å². The number of amidine groups is 1. The fourth-order valence-electron chi connectivity index (χ4n) is 4.59. The summed E-state index contributed by atoms with van der Waals surface area (Å²) in [6.45, 7) is 8.86. The van der Waals surface area contributed by atoms with Crippen LogP contribution in [0.5, 0.6) is 0 Å². The van der Waals surface area contributed by atoms with Crippen LogP contribution in [-0.2, 0) is 0 Å². The molecule has 5 rings (SSSR count). The molecule has 0 amide bonds. The molecule has 1 aliphatic carbocycles. The average Bonchev–Trinajstić information content (AvgIpc) is 3.25. The third-order valence-corrected chi connectivity index (χ3v) is 6.45. The first-order valence-corrected chi connectivity index (χ1v) is 10.2. The molecule has 6 heteroatoms. The van der Waals surface area contributed by atoms with Gasteiger partial charge < -0.3 is 10.7 Å². The van der Waals surface area contributed by atoms with Gasteiger partial charge in [-0.1, -0.05) is 13.8 Å². The van der Waals surface area contributed by atoms with Gasteiger partial charge in [-0.05, 0) is 60.4 Å². The Kier molecular flexibility index (Phi) is 3.88. The lowest BCUT2D eigenvalue weighted by molar-refractivity contribution is -0.407. The first kappa shape index (κ1) is 17.5. The van der Waals surface area contributed by atoms with Gasteiger partial charge in [0, 0.05) is 28.8 Å². The molecule has 0 spiro atoms. The number of nitrogens with one attached hydrogen (secondary N) is 1. The number of aromatic nitrogens is 2. The highest BCUT2D eigenvalue weighted by atomic mass is 15.4. The van der Waals surface area contributed by atoms with Crippen molar-refractivity contribution in [2.45, 2.75) is 58.4 Å². The van der Waals surface area contributed by atoms with Crippen molar-refractivity contribution in [2.75, 3.05) is 0 Å². The zero-order valence-electron chi connectivity index (χ0n) is 16.9. The summed E-state index contributed by atoms with van der Waals surface area (Å²) in [6.07, 6.45) is 5.80. The molecule has 28 heavy (non-hydrogen) atoms. The van der Waals surface area contributed by atoms with E-state index in [0.29, 0.717) is 17.9 Å². The highest BCUT2D eigenvalue weighted by Crippen LogP contribution is 2.39. The fraction of sp³-hybridized carbons (Fsp3) is 0.455. The van der Waals surface area contributed by atoms with Crippen molar-refractivity contribution < 1.29 is 4.68 Å². The molecule has 3 N–H and O–H groups in total. The molecule has 2 aromatic heterocycles. The largest absolute Gasteiger partial charge is 0.353 e. The third-order valence-electron chi connectivity index (χ3n) is 6.45. The van der Waals surface area contributed by atoms with Crippen LogP contribution in [-0.4, -0.2) is 39.1 Å². The van der Waals surface area contributed by atoms with Crippen molar-refractivity contribution >= 4 is 35.0 Å². The second-order valence-corrected chi connectivity index (χ2v) is 8.64. The number of allylic oxidation sites excluding steroid dienone is 1. The van der Waals surface area contributed by atoms with E-state index in [1.165, 1.54) is 22.4 Å². The Morgan fingerprint density at radius 3 is 2.75 bits per heavy atom. The van der Waals surface area contributed by atoms with Crippen LogP contribution >= 0.6 is 0 Å². The van der Waals surface area contributed by atoms with Gasteiger partial charge in [-0.25, -0.2) is 0 Å². The predicted molar refractivity (Wildman–Crippen MR) is 114 cm³/mol. The molecular formula is C22H27N6+. The number of hydrogen-bond acceptors (Lipinski definition) is 4. The maximum Gasteiger partial charge on any atom is 0.332 e. The van der Waals surface area contributed by atoms with Gasteiger partial charge in [0.2, 0.25) is 0 Å². The summed E-state index contributed by atoms with van der Waals surface area (Å²) in [4.78, 5) is 13.2. The highest BCUT2D eigenvalue weighted by molar-refractivity contribution is 6.15. The maximum absolute atomic E-state index is 6.00. The topological polar surface area (TPSA) is 82.4 Å². The molecule has 1 atom stereocenters. The van der Waals surface area contributed by atoms with E-state index in [2.05, 4.69) is 61.1 Å². The molecule has 0 radical (unpaired) electrons. The molecule has 6 nitrogen and oxygen atoms in total. The summed E-state index contributed by atoms with van der Waals surface area (Å²) in [5.41, 5.74) is 14.3. The molecule has 0 saturated heterocycles. The Labute approximate surface area is 165 Å². The second kappa shape index (κ2) is 6.21. The lowest BCUT2D eigenvalue weighted by Crippen LogP contribution is -2.35. The molecule has 3 aliphatic rings. The van der Waals surface area contributed by atoms with Crippen LogP contribution < -0.4 is 5.73 Å². The van der Waals surface area contributed by atoms with E-state index in [1.807, 2.05) is 4.68 Å². The fourth-order valence-corrected chi connectivity index (χ4v) is 4.59. The van der Waals surface area contributed by atoms with Crippen molar-refractivity contribution in [1.29, 1.82) is 0 Å². The number of hydrazone groups is 1. The number of rotatable bonds is 3. The van der Waals surface area contributed by atoms with Gasteiger partial charge in [0.15, 0.2) is 0 Å². The number of hydrogen-bond donors (Lipinski definition) is 2. The summed E-state index contributed by atoms with van der Waals surface area (Å²) in [5, 5.41) is 4.38. The number of aliphatic imine (C=N–C) groups is 1. The normalized spacial score (nSPS) is 26.6. The zero-order valence-corrected chi connectivity index (χ0v) is 16.9. The monoisotopic (exact) mass is 375 g/mol. The van der Waals surface area contributed by atoms with E-state index in [0.717, 1.165) is 35.4 Å². The van der Waals surface area contributed by atoms with Gasteiger partial charge in [0.25, 0.3) is 6.34 Å². The van der Waals surface area contributed by atoms with E-state index in [-0.39, 0.29) is 5.92 Å². The lowest BCUT2D eigenvalue weighted by Gasteiger charge is -2.31. The average molecular weight is 376 g/mol. The minimum atomic E-state index is 0.230. The summed E-state index contributed by atoms with van der Waals surface area (Å²) < 4.78 is 1.90. The Morgan fingerprint density at radius 2 is 2.04 bits per heavy atom. The highest BCUT2D eigenvalue weighted by Gasteiger charge is 2.35. The molecule has 0 aromatic carbocycles. The zero-order chi connectivity index (χ0) is 19.6. The van der Waals surface area contributed by atoms with Crippen LogP contribution in [0.3, 0.4) is 0 Å². The quantitative estimate of drug-likeness (QED) is 0.801. The molecular weight excluding hydrogens is 348 g/mol. The molecule has 1 unspecified atom stereocenters. The molecule has 0 bridgehead atoms. The number of pyridine rings is 1. The second-order valence-electron chi connectivity index (χ2n) is 8.64. The van der Waals surface area contributed by atoms with Crippen molar-refractivity contribution in [1.82, 2.24) is 9.97 Å². The molecule has 2 aliphatic heterocycles. The molecule has 2 aromatic rings. The SMILES string of the molecule is CC1=C(c2[nH]c3ccc(C4CC(N)C4)nc3c2C(C)C)C=[N+]2N=CN=C2C1C. The smallest absolute Gasteiger partial charge is 0.332 e. The summed E-state index contributed by atoms with van der Waals surface area (Å²) in [5.74, 6) is 2.08. The van der Waals surface area contributed by atoms with Crippen molar-refractivity contribution in [3.05, 3.63) is 34.7 Å². The molecule has 1 fully saturated rings. The van der Waals surface area contributed by atoms with E-state index in [4.69, 9.17) is 10.7 Å². The first-order chi connectivity index (χ1) is 13.4. The number of aromatic amines is 1. The van der Waals surface area contributed by atoms with Crippen LogP contribution in [0.1, 0.15) is 69.3 Å². The number of nitrogens with zero attached hydrogens (tertiary/aromatic N) is 4. The van der Waals surface area contributed by atoms with Crippen molar-refractivity contribution in [3.8, 4) is 0 Å². The van der Waals surface area contributed by atoms with Crippen molar-refractivity contribution in [3.63, 3.8) is 0 Å². The van der Waals surface area contributed by atoms with Crippen LogP contribution in [0.25, 0.3) is 16.6 Å². The molecule has 4 heterocycles. The van der Waals surface area contributed by atoms with E-state index >= 15 is 0 Å². The maximum atomic E-state index is 6.00. The van der Waals surface area contributed by atoms with Gasteiger partial charge in [-0.15, -0.1) is 4.68 Å². The number of nitrogens with two attached hydrogens (primary N) is 1. The third kappa shape index (κ3) is 2.51. The number of H-pyrrole nitrogens is 1. The van der Waals surface area contributed by atoms with Crippen LogP contribution in [0.4, 0.5) is 0 Å². The summed E-state index contributed by atoms with van der Waals surface area (Å²) >= 11 is 0. The predicted octanol–water partition coefficient (Wildman–Crippen LogP) is 3.75. The van der Waals surface area contributed by atoms with E-state index < -0.39 is 0 Å². The summed E-state index contributed by atoms with van der Waals surface area (Å²) in [6, 6.07) is 4.67. The van der Waals surface area contributed by atoms with Gasteiger partial charge in [-0.3, -0.25) is 4.98 Å². The van der Waals surface area contributed by atoms with Crippen LogP contribution in [0.15, 0.2) is 27.8 Å². The Hall–Kier alpha value is -2.60. The van der Waals surface area contributed by atoms with Gasteiger partial charge >= 0.3 is 5.84 Å². The minimum Gasteiger partial charge on any atom is -0.353 e. The van der Waals surface area contributed by atoms with Crippen molar-refractivity contribution in [2.24, 2.45) is 21.7 Å².